The topological polar surface area (TPSA) is 105 Å². The van der Waals surface area contributed by atoms with Gasteiger partial charge in [0.05, 0.1) is 10.8 Å². The minimum absolute atomic E-state index is 0.162. The number of amides is 1. The SMILES string of the molecule is CC(C)c1nc(Cc2ccc(NC(=O)[C@@H]3CCCN(S(=O)(=O)c4ccc5ccccc5c4)C3)cc2)no1. The first-order valence-electron chi connectivity index (χ1n) is 12.5. The number of nitrogens with one attached hydrogen (secondary N) is 1. The molecule has 9 heteroatoms. The maximum absolute atomic E-state index is 13.4. The molecule has 0 radical (unpaired) electrons. The zero-order valence-electron chi connectivity index (χ0n) is 20.9. The molecule has 0 unspecified atom stereocenters. The number of rotatable bonds is 7. The van der Waals surface area contributed by atoms with E-state index in [0.29, 0.717) is 43.2 Å². The standard InChI is InChI=1S/C28H30N4O4S/c1-19(2)28-30-26(31-36-28)16-20-9-12-24(13-10-20)29-27(33)23-8-5-15-32(18-23)37(34,35)25-14-11-21-6-3-4-7-22(21)17-25/h3-4,6-7,9-14,17,19,23H,5,8,15-16,18H2,1-2H3,(H,29,33)/t23-/m1/s1. The first-order valence-corrected chi connectivity index (χ1v) is 13.9. The molecule has 5 rings (SSSR count). The van der Waals surface area contributed by atoms with Gasteiger partial charge in [0, 0.05) is 31.1 Å². The van der Waals surface area contributed by atoms with Crippen molar-refractivity contribution in [1.29, 1.82) is 0 Å². The van der Waals surface area contributed by atoms with Crippen molar-refractivity contribution in [2.45, 2.75) is 43.9 Å². The van der Waals surface area contributed by atoms with Crippen LogP contribution in [0.3, 0.4) is 0 Å². The Kier molecular flexibility index (Phi) is 7.08. The molecule has 37 heavy (non-hydrogen) atoms. The van der Waals surface area contributed by atoms with Crippen LogP contribution in [0.25, 0.3) is 10.8 Å². The number of sulfonamides is 1. The van der Waals surface area contributed by atoms with Gasteiger partial charge in [0.1, 0.15) is 0 Å². The summed E-state index contributed by atoms with van der Waals surface area (Å²) in [5.74, 6) is 0.818. The van der Waals surface area contributed by atoms with E-state index in [2.05, 4.69) is 15.5 Å². The minimum Gasteiger partial charge on any atom is -0.339 e. The maximum Gasteiger partial charge on any atom is 0.243 e. The van der Waals surface area contributed by atoms with Gasteiger partial charge in [-0.15, -0.1) is 0 Å². The summed E-state index contributed by atoms with van der Waals surface area (Å²) in [5, 5.41) is 8.83. The van der Waals surface area contributed by atoms with Crippen LogP contribution in [0.1, 0.15) is 49.9 Å². The van der Waals surface area contributed by atoms with Crippen molar-refractivity contribution in [2.24, 2.45) is 5.92 Å². The lowest BCUT2D eigenvalue weighted by Crippen LogP contribution is -2.43. The van der Waals surface area contributed by atoms with Gasteiger partial charge < -0.3 is 9.84 Å². The monoisotopic (exact) mass is 518 g/mol. The summed E-state index contributed by atoms with van der Waals surface area (Å²) < 4.78 is 33.4. The Morgan fingerprint density at radius 3 is 2.57 bits per heavy atom. The predicted molar refractivity (Wildman–Crippen MR) is 142 cm³/mol. The van der Waals surface area contributed by atoms with Gasteiger partial charge in [0.2, 0.25) is 21.8 Å². The van der Waals surface area contributed by atoms with E-state index in [9.17, 15) is 13.2 Å². The molecule has 1 aliphatic rings. The number of fused-ring (bicyclic) bond motifs is 1. The summed E-state index contributed by atoms with van der Waals surface area (Å²) >= 11 is 0. The molecule has 1 aliphatic heterocycles. The molecule has 0 bridgehead atoms. The van der Waals surface area contributed by atoms with Crippen molar-refractivity contribution in [2.75, 3.05) is 18.4 Å². The number of benzene rings is 3. The number of carbonyl (C=O) groups is 1. The maximum atomic E-state index is 13.4. The third-order valence-electron chi connectivity index (χ3n) is 6.68. The molecule has 2 heterocycles. The number of anilines is 1. The van der Waals surface area contributed by atoms with Crippen LogP contribution < -0.4 is 5.32 Å². The van der Waals surface area contributed by atoms with Crippen LogP contribution in [0.5, 0.6) is 0 Å². The van der Waals surface area contributed by atoms with Gasteiger partial charge in [-0.05, 0) is 53.4 Å². The highest BCUT2D eigenvalue weighted by atomic mass is 32.2. The number of hydrogen-bond acceptors (Lipinski definition) is 6. The largest absolute Gasteiger partial charge is 0.339 e. The Morgan fingerprint density at radius 1 is 1.08 bits per heavy atom. The molecule has 1 saturated heterocycles. The molecule has 192 valence electrons. The van der Waals surface area contributed by atoms with E-state index < -0.39 is 15.9 Å². The molecule has 1 atom stereocenters. The molecular weight excluding hydrogens is 488 g/mol. The van der Waals surface area contributed by atoms with E-state index in [1.165, 1.54) is 4.31 Å². The summed E-state index contributed by atoms with van der Waals surface area (Å²) in [5.41, 5.74) is 1.67. The van der Waals surface area contributed by atoms with Crippen molar-refractivity contribution >= 4 is 32.4 Å². The molecular formula is C28H30N4O4S. The zero-order valence-corrected chi connectivity index (χ0v) is 21.7. The molecule has 1 amide bonds. The highest BCUT2D eigenvalue weighted by Crippen LogP contribution is 2.27. The first-order chi connectivity index (χ1) is 17.8. The van der Waals surface area contributed by atoms with Crippen LogP contribution in [0.15, 0.2) is 76.1 Å². The van der Waals surface area contributed by atoms with Crippen LogP contribution in [0.4, 0.5) is 5.69 Å². The van der Waals surface area contributed by atoms with Crippen molar-refractivity contribution < 1.29 is 17.7 Å². The minimum atomic E-state index is -3.70. The van der Waals surface area contributed by atoms with E-state index in [-0.39, 0.29) is 23.3 Å². The zero-order chi connectivity index (χ0) is 26.0. The third-order valence-corrected chi connectivity index (χ3v) is 8.54. The van der Waals surface area contributed by atoms with Gasteiger partial charge in [0.15, 0.2) is 5.82 Å². The van der Waals surface area contributed by atoms with Crippen LogP contribution in [-0.4, -0.2) is 41.9 Å². The van der Waals surface area contributed by atoms with E-state index >= 15 is 0 Å². The molecule has 0 spiro atoms. The van der Waals surface area contributed by atoms with E-state index in [4.69, 9.17) is 4.52 Å². The Bertz CT molecular complexity index is 1510. The van der Waals surface area contributed by atoms with Crippen LogP contribution in [0, 0.1) is 5.92 Å². The molecule has 0 aliphatic carbocycles. The Hall–Kier alpha value is -3.56. The lowest BCUT2D eigenvalue weighted by molar-refractivity contribution is -0.120. The smallest absolute Gasteiger partial charge is 0.243 e. The highest BCUT2D eigenvalue weighted by Gasteiger charge is 2.33. The number of carbonyl (C=O) groups excluding carboxylic acids is 1. The van der Waals surface area contributed by atoms with Gasteiger partial charge in [0.25, 0.3) is 0 Å². The summed E-state index contributed by atoms with van der Waals surface area (Å²) in [6, 6.07) is 20.3. The molecule has 1 aromatic heterocycles. The van der Waals surface area contributed by atoms with E-state index in [0.717, 1.165) is 16.3 Å². The fourth-order valence-corrected chi connectivity index (χ4v) is 6.12. The number of nitrogens with zero attached hydrogens (tertiary/aromatic N) is 3. The summed E-state index contributed by atoms with van der Waals surface area (Å²) in [7, 11) is -3.70. The number of hydrogen-bond donors (Lipinski definition) is 1. The molecule has 3 aromatic carbocycles. The van der Waals surface area contributed by atoms with Crippen LogP contribution in [0.2, 0.25) is 0 Å². The average Bonchev–Trinajstić information content (AvgIpc) is 3.38. The van der Waals surface area contributed by atoms with Gasteiger partial charge in [-0.2, -0.15) is 9.29 Å². The summed E-state index contributed by atoms with van der Waals surface area (Å²) in [6.45, 7) is 4.57. The van der Waals surface area contributed by atoms with Gasteiger partial charge in [-0.1, -0.05) is 61.5 Å². The molecule has 1 N–H and O–H groups in total. The van der Waals surface area contributed by atoms with Gasteiger partial charge in [-0.3, -0.25) is 4.79 Å². The lowest BCUT2D eigenvalue weighted by Gasteiger charge is -2.31. The third kappa shape index (κ3) is 5.57. The number of aromatic nitrogens is 2. The molecule has 0 saturated carbocycles. The Labute approximate surface area is 216 Å². The van der Waals surface area contributed by atoms with Crippen molar-refractivity contribution in [3.63, 3.8) is 0 Å². The summed E-state index contributed by atoms with van der Waals surface area (Å²) in [6.07, 6.45) is 1.81. The molecule has 1 fully saturated rings. The number of piperidine rings is 1. The highest BCUT2D eigenvalue weighted by molar-refractivity contribution is 7.89. The average molecular weight is 519 g/mol. The summed E-state index contributed by atoms with van der Waals surface area (Å²) in [4.78, 5) is 17.7. The lowest BCUT2D eigenvalue weighted by atomic mass is 9.98. The van der Waals surface area contributed by atoms with Gasteiger partial charge in [-0.25, -0.2) is 8.42 Å². The Balaban J connectivity index is 1.22. The second-order valence-corrected chi connectivity index (χ2v) is 11.7. The van der Waals surface area contributed by atoms with Gasteiger partial charge >= 0.3 is 0 Å². The van der Waals surface area contributed by atoms with Crippen molar-refractivity contribution in [3.8, 4) is 0 Å². The Morgan fingerprint density at radius 2 is 1.84 bits per heavy atom. The normalized spacial score (nSPS) is 16.8. The van der Waals surface area contributed by atoms with Crippen LogP contribution >= 0.6 is 0 Å². The molecule has 8 nitrogen and oxygen atoms in total. The van der Waals surface area contributed by atoms with Crippen molar-refractivity contribution in [1.82, 2.24) is 14.4 Å². The first kappa shape index (κ1) is 25.1. The fraction of sp³-hybridized carbons (Fsp3) is 0.321. The van der Waals surface area contributed by atoms with Crippen molar-refractivity contribution in [3.05, 3.63) is 84.0 Å². The predicted octanol–water partition coefficient (Wildman–Crippen LogP) is 4.98. The quantitative estimate of drug-likeness (QED) is 0.370. The second-order valence-electron chi connectivity index (χ2n) is 9.78. The fourth-order valence-electron chi connectivity index (χ4n) is 4.56. The van der Waals surface area contributed by atoms with E-state index in [1.54, 1.807) is 12.1 Å². The molecule has 4 aromatic rings. The van der Waals surface area contributed by atoms with Crippen LogP contribution in [-0.2, 0) is 21.2 Å². The second kappa shape index (κ2) is 10.4. The van der Waals surface area contributed by atoms with E-state index in [1.807, 2.05) is 68.4 Å².